The van der Waals surface area contributed by atoms with Crippen LogP contribution >= 0.6 is 11.3 Å². The number of nitrogen functional groups attached to an aromatic ring is 1. The molecule has 5 heteroatoms. The first kappa shape index (κ1) is 10.6. The second-order valence-corrected chi connectivity index (χ2v) is 4.09. The van der Waals surface area contributed by atoms with E-state index in [9.17, 15) is 4.79 Å². The molecule has 1 heterocycles. The van der Waals surface area contributed by atoms with Crippen LogP contribution in [0.4, 0.5) is 5.82 Å². The molecule has 2 aromatic rings. The van der Waals surface area contributed by atoms with Crippen molar-refractivity contribution in [2.45, 2.75) is 0 Å². The Morgan fingerprint density at radius 2 is 2.06 bits per heavy atom. The lowest BCUT2D eigenvalue weighted by Gasteiger charge is -2.00. The average molecular weight is 233 g/mol. The molecular formula is C11H11N3OS. The first-order valence-electron chi connectivity index (χ1n) is 4.74. The topological polar surface area (TPSA) is 68.0 Å². The number of thiazole rings is 1. The molecule has 2 rings (SSSR count). The summed E-state index contributed by atoms with van der Waals surface area (Å²) in [6.45, 7) is 0. The van der Waals surface area contributed by atoms with Crippen LogP contribution in [0.5, 0.6) is 0 Å². The van der Waals surface area contributed by atoms with Crippen LogP contribution in [0.2, 0.25) is 0 Å². The van der Waals surface area contributed by atoms with Crippen molar-refractivity contribution in [3.8, 4) is 10.6 Å². The Balaban J connectivity index is 2.29. The summed E-state index contributed by atoms with van der Waals surface area (Å²) in [6.07, 6.45) is 0. The number of hydrogen-bond acceptors (Lipinski definition) is 4. The SMILES string of the molecule is CNC(=O)c1ccc(-c2nc(N)cs2)cc1. The minimum Gasteiger partial charge on any atom is -0.383 e. The highest BCUT2D eigenvalue weighted by Crippen LogP contribution is 2.24. The number of benzene rings is 1. The quantitative estimate of drug-likeness (QED) is 0.830. The monoisotopic (exact) mass is 233 g/mol. The minimum absolute atomic E-state index is 0.0924. The lowest BCUT2D eigenvalue weighted by molar-refractivity contribution is 0.0963. The predicted octanol–water partition coefficient (Wildman–Crippen LogP) is 1.75. The van der Waals surface area contributed by atoms with E-state index in [1.807, 2.05) is 12.1 Å². The maximum Gasteiger partial charge on any atom is 0.251 e. The van der Waals surface area contributed by atoms with Gasteiger partial charge in [0.15, 0.2) is 0 Å². The van der Waals surface area contributed by atoms with Gasteiger partial charge in [-0.25, -0.2) is 4.98 Å². The van der Waals surface area contributed by atoms with Gasteiger partial charge in [-0.1, -0.05) is 12.1 Å². The van der Waals surface area contributed by atoms with E-state index in [4.69, 9.17) is 5.73 Å². The Morgan fingerprint density at radius 3 is 2.56 bits per heavy atom. The Labute approximate surface area is 97.1 Å². The summed E-state index contributed by atoms with van der Waals surface area (Å²) >= 11 is 1.49. The maximum atomic E-state index is 11.3. The molecule has 16 heavy (non-hydrogen) atoms. The van der Waals surface area contributed by atoms with Crippen molar-refractivity contribution in [2.24, 2.45) is 0 Å². The van der Waals surface area contributed by atoms with Crippen molar-refractivity contribution in [2.75, 3.05) is 12.8 Å². The summed E-state index contributed by atoms with van der Waals surface area (Å²) in [5.41, 5.74) is 7.15. The van der Waals surface area contributed by atoms with Crippen molar-refractivity contribution in [3.05, 3.63) is 35.2 Å². The molecule has 0 aliphatic heterocycles. The maximum absolute atomic E-state index is 11.3. The van der Waals surface area contributed by atoms with Crippen LogP contribution in [0.1, 0.15) is 10.4 Å². The van der Waals surface area contributed by atoms with Gasteiger partial charge in [-0.15, -0.1) is 11.3 Å². The summed E-state index contributed by atoms with van der Waals surface area (Å²) in [5, 5.41) is 5.23. The molecule has 82 valence electrons. The third kappa shape index (κ3) is 2.04. The Kier molecular flexibility index (Phi) is 2.87. The van der Waals surface area contributed by atoms with Crippen LogP contribution in [-0.4, -0.2) is 17.9 Å². The summed E-state index contributed by atoms with van der Waals surface area (Å²) in [4.78, 5) is 15.5. The van der Waals surface area contributed by atoms with E-state index < -0.39 is 0 Å². The number of aromatic nitrogens is 1. The molecule has 0 aliphatic rings. The van der Waals surface area contributed by atoms with Crippen LogP contribution in [0, 0.1) is 0 Å². The van der Waals surface area contributed by atoms with Crippen molar-refractivity contribution in [3.63, 3.8) is 0 Å². The van der Waals surface area contributed by atoms with Crippen LogP contribution in [0.15, 0.2) is 29.6 Å². The fourth-order valence-electron chi connectivity index (χ4n) is 1.33. The van der Waals surface area contributed by atoms with E-state index in [0.29, 0.717) is 11.4 Å². The van der Waals surface area contributed by atoms with Crippen LogP contribution < -0.4 is 11.1 Å². The molecule has 0 spiro atoms. The second-order valence-electron chi connectivity index (χ2n) is 3.23. The molecule has 0 fully saturated rings. The van der Waals surface area contributed by atoms with Gasteiger partial charge in [-0.2, -0.15) is 0 Å². The minimum atomic E-state index is -0.0924. The van der Waals surface area contributed by atoms with Gasteiger partial charge in [0.05, 0.1) is 0 Å². The molecule has 1 aromatic carbocycles. The number of nitrogens with zero attached hydrogens (tertiary/aromatic N) is 1. The van der Waals surface area contributed by atoms with Gasteiger partial charge >= 0.3 is 0 Å². The molecule has 0 atom stereocenters. The van der Waals surface area contributed by atoms with Gasteiger partial charge in [0.1, 0.15) is 10.8 Å². The normalized spacial score (nSPS) is 10.1. The molecule has 3 N–H and O–H groups in total. The Morgan fingerprint density at radius 1 is 1.38 bits per heavy atom. The fraction of sp³-hybridized carbons (Fsp3) is 0.0909. The van der Waals surface area contributed by atoms with E-state index in [1.165, 1.54) is 11.3 Å². The zero-order chi connectivity index (χ0) is 11.5. The predicted molar refractivity (Wildman–Crippen MR) is 65.4 cm³/mol. The van der Waals surface area contributed by atoms with Crippen molar-refractivity contribution in [1.82, 2.24) is 10.3 Å². The lowest BCUT2D eigenvalue weighted by Crippen LogP contribution is -2.17. The molecule has 1 aromatic heterocycles. The first-order chi connectivity index (χ1) is 7.70. The van der Waals surface area contributed by atoms with E-state index >= 15 is 0 Å². The molecule has 0 aliphatic carbocycles. The summed E-state index contributed by atoms with van der Waals surface area (Å²) in [6, 6.07) is 7.27. The average Bonchev–Trinajstić information content (AvgIpc) is 2.75. The number of nitrogens with two attached hydrogens (primary N) is 1. The molecule has 1 amide bonds. The Bertz CT molecular complexity index is 504. The first-order valence-corrected chi connectivity index (χ1v) is 5.62. The number of carbonyl (C=O) groups is 1. The van der Waals surface area contributed by atoms with E-state index in [1.54, 1.807) is 24.6 Å². The number of anilines is 1. The third-order valence-electron chi connectivity index (χ3n) is 2.14. The van der Waals surface area contributed by atoms with Crippen LogP contribution in [0.3, 0.4) is 0 Å². The summed E-state index contributed by atoms with van der Waals surface area (Å²) in [5.74, 6) is 0.431. The second kappa shape index (κ2) is 4.32. The molecule has 4 nitrogen and oxygen atoms in total. The fourth-order valence-corrected chi connectivity index (χ4v) is 2.04. The lowest BCUT2D eigenvalue weighted by atomic mass is 10.1. The third-order valence-corrected chi connectivity index (χ3v) is 3.05. The highest BCUT2D eigenvalue weighted by molar-refractivity contribution is 7.13. The molecular weight excluding hydrogens is 222 g/mol. The number of hydrogen-bond donors (Lipinski definition) is 2. The molecule has 0 unspecified atom stereocenters. The summed E-state index contributed by atoms with van der Waals surface area (Å²) in [7, 11) is 1.61. The molecule has 0 bridgehead atoms. The van der Waals surface area contributed by atoms with Crippen molar-refractivity contribution >= 4 is 23.1 Å². The highest BCUT2D eigenvalue weighted by atomic mass is 32.1. The smallest absolute Gasteiger partial charge is 0.251 e. The standard InChI is InChI=1S/C11H11N3OS/c1-13-10(15)7-2-4-8(5-3-7)11-14-9(12)6-16-11/h2-6H,12H2,1H3,(H,13,15). The van der Waals surface area contributed by atoms with Crippen molar-refractivity contribution in [1.29, 1.82) is 0 Å². The zero-order valence-corrected chi connectivity index (χ0v) is 9.54. The largest absolute Gasteiger partial charge is 0.383 e. The van der Waals surface area contributed by atoms with Crippen molar-refractivity contribution < 1.29 is 4.79 Å². The summed E-state index contributed by atoms with van der Waals surface area (Å²) < 4.78 is 0. The Hall–Kier alpha value is -1.88. The number of rotatable bonds is 2. The van der Waals surface area contributed by atoms with E-state index in [-0.39, 0.29) is 5.91 Å². The molecule has 0 saturated heterocycles. The van der Waals surface area contributed by atoms with Gasteiger partial charge in [0.25, 0.3) is 5.91 Å². The molecule has 0 radical (unpaired) electrons. The zero-order valence-electron chi connectivity index (χ0n) is 8.73. The number of nitrogens with one attached hydrogen (secondary N) is 1. The van der Waals surface area contributed by atoms with Gasteiger partial charge in [-0.3, -0.25) is 4.79 Å². The van der Waals surface area contributed by atoms with E-state index in [2.05, 4.69) is 10.3 Å². The van der Waals surface area contributed by atoms with E-state index in [0.717, 1.165) is 10.6 Å². The van der Waals surface area contributed by atoms with Crippen LogP contribution in [-0.2, 0) is 0 Å². The van der Waals surface area contributed by atoms with Gasteiger partial charge in [0, 0.05) is 23.6 Å². The van der Waals surface area contributed by atoms with Gasteiger partial charge < -0.3 is 11.1 Å². The molecule has 0 saturated carbocycles. The number of amides is 1. The number of carbonyl (C=O) groups excluding carboxylic acids is 1. The van der Waals surface area contributed by atoms with Gasteiger partial charge in [-0.05, 0) is 12.1 Å². The highest BCUT2D eigenvalue weighted by Gasteiger charge is 2.05. The van der Waals surface area contributed by atoms with Gasteiger partial charge in [0.2, 0.25) is 0 Å². The van der Waals surface area contributed by atoms with Crippen LogP contribution in [0.25, 0.3) is 10.6 Å².